The molecule has 0 aliphatic carbocycles. The number of hydrogen-bond acceptors (Lipinski definition) is 4. The second-order valence-corrected chi connectivity index (χ2v) is 11.7. The molecule has 8 heteroatoms. The first kappa shape index (κ1) is 26.0. The highest BCUT2D eigenvalue weighted by molar-refractivity contribution is 9.10. The molecule has 0 saturated carbocycles. The summed E-state index contributed by atoms with van der Waals surface area (Å²) in [4.78, 5) is 39.3. The maximum atomic E-state index is 13.0. The number of imide groups is 1. The van der Waals surface area contributed by atoms with Gasteiger partial charge in [0.25, 0.3) is 11.1 Å². The largest absolute Gasteiger partial charge is 0.325 e. The monoisotopic (exact) mass is 565 g/mol. The number of nitrogens with zero attached hydrogens (tertiary/aromatic N) is 2. The highest BCUT2D eigenvalue weighted by atomic mass is 79.9. The Morgan fingerprint density at radius 2 is 1.67 bits per heavy atom. The number of halogens is 1. The fourth-order valence-corrected chi connectivity index (χ4v) is 5.19. The van der Waals surface area contributed by atoms with Crippen molar-refractivity contribution in [2.75, 3.05) is 11.9 Å². The van der Waals surface area contributed by atoms with E-state index in [0.717, 1.165) is 43.8 Å². The zero-order valence-electron chi connectivity index (χ0n) is 20.9. The first-order chi connectivity index (χ1) is 16.9. The van der Waals surface area contributed by atoms with Gasteiger partial charge in [-0.1, -0.05) is 48.8 Å². The van der Waals surface area contributed by atoms with Crippen LogP contribution in [0.15, 0.2) is 64.0 Å². The number of benzene rings is 2. The summed E-state index contributed by atoms with van der Waals surface area (Å²) >= 11 is 4.20. The lowest BCUT2D eigenvalue weighted by atomic mass is 9.87. The Morgan fingerprint density at radius 1 is 1.03 bits per heavy atom. The van der Waals surface area contributed by atoms with Crippen LogP contribution in [0.3, 0.4) is 0 Å². The van der Waals surface area contributed by atoms with E-state index < -0.39 is 17.1 Å². The molecule has 1 saturated heterocycles. The Bertz CT molecular complexity index is 1370. The van der Waals surface area contributed by atoms with Crippen molar-refractivity contribution in [1.82, 2.24) is 9.47 Å². The molecule has 3 amide bonds. The van der Waals surface area contributed by atoms with Gasteiger partial charge < -0.3 is 9.88 Å². The molecule has 4 rings (SSSR count). The fraction of sp³-hybridized carbons (Fsp3) is 0.250. The van der Waals surface area contributed by atoms with Gasteiger partial charge in [-0.2, -0.15) is 0 Å². The summed E-state index contributed by atoms with van der Waals surface area (Å²) in [7, 11) is 0. The Balaban J connectivity index is 1.52. The van der Waals surface area contributed by atoms with Gasteiger partial charge in [-0.25, -0.2) is 0 Å². The Hall–Kier alpha value is -3.10. The first-order valence-corrected chi connectivity index (χ1v) is 13.2. The van der Waals surface area contributed by atoms with Crippen LogP contribution in [0.5, 0.6) is 0 Å². The molecule has 1 fully saturated rings. The van der Waals surface area contributed by atoms with E-state index in [4.69, 9.17) is 0 Å². The minimum Gasteiger partial charge on any atom is -0.325 e. The summed E-state index contributed by atoms with van der Waals surface area (Å²) in [5.41, 5.74) is 5.81. The summed E-state index contributed by atoms with van der Waals surface area (Å²) < 4.78 is 3.02. The molecule has 186 valence electrons. The van der Waals surface area contributed by atoms with Crippen LogP contribution in [0.25, 0.3) is 11.8 Å². The standard InChI is InChI=1S/C28H28BrN3O3S/c1-17-14-19(18(2)32(17)23-12-6-20(7-13-23)28(3,4)5)15-24-26(34)31(27(35)36-24)16-25(33)30-22-10-8-21(29)9-11-22/h6-15H,16H2,1-5H3,(H,30,33)/b24-15-. The predicted molar refractivity (Wildman–Crippen MR) is 149 cm³/mol. The van der Waals surface area contributed by atoms with Crippen LogP contribution in [0.1, 0.15) is 43.3 Å². The average molecular weight is 567 g/mol. The molecule has 1 aliphatic heterocycles. The van der Waals surface area contributed by atoms with Crippen LogP contribution in [-0.2, 0) is 15.0 Å². The molecule has 36 heavy (non-hydrogen) atoms. The maximum absolute atomic E-state index is 13.0. The number of carbonyl (C=O) groups is 3. The number of nitrogens with one attached hydrogen (secondary N) is 1. The van der Waals surface area contributed by atoms with Crippen LogP contribution in [-0.4, -0.2) is 33.1 Å². The number of thioether (sulfide) groups is 1. The van der Waals surface area contributed by atoms with E-state index >= 15 is 0 Å². The lowest BCUT2D eigenvalue weighted by Gasteiger charge is -2.20. The van der Waals surface area contributed by atoms with Crippen LogP contribution in [0.2, 0.25) is 0 Å². The van der Waals surface area contributed by atoms with E-state index in [-0.39, 0.29) is 12.0 Å². The minimum absolute atomic E-state index is 0.0719. The molecule has 0 atom stereocenters. The highest BCUT2D eigenvalue weighted by Crippen LogP contribution is 2.34. The van der Waals surface area contributed by atoms with Gasteiger partial charge >= 0.3 is 0 Å². The molecular formula is C28H28BrN3O3S. The summed E-state index contributed by atoms with van der Waals surface area (Å²) in [6.07, 6.45) is 1.74. The molecule has 1 N–H and O–H groups in total. The SMILES string of the molecule is Cc1cc(/C=C2\SC(=O)N(CC(=O)Nc3ccc(Br)cc3)C2=O)c(C)n1-c1ccc(C(C)(C)C)cc1. The Kier molecular flexibility index (Phi) is 7.29. The fourth-order valence-electron chi connectivity index (χ4n) is 4.10. The number of aryl methyl sites for hydroxylation is 1. The molecule has 3 aromatic rings. The van der Waals surface area contributed by atoms with Gasteiger partial charge in [-0.3, -0.25) is 19.3 Å². The van der Waals surface area contributed by atoms with Crippen LogP contribution in [0, 0.1) is 13.8 Å². The van der Waals surface area contributed by atoms with Crippen LogP contribution >= 0.6 is 27.7 Å². The van der Waals surface area contributed by atoms with Gasteiger partial charge in [0.15, 0.2) is 0 Å². The van der Waals surface area contributed by atoms with Crippen molar-refractivity contribution in [2.45, 2.75) is 40.0 Å². The lowest BCUT2D eigenvalue weighted by Crippen LogP contribution is -2.36. The summed E-state index contributed by atoms with van der Waals surface area (Å²) in [5, 5.41) is 2.26. The zero-order valence-corrected chi connectivity index (χ0v) is 23.3. The Labute approximate surface area is 223 Å². The molecule has 0 bridgehead atoms. The van der Waals surface area contributed by atoms with Crippen molar-refractivity contribution in [3.63, 3.8) is 0 Å². The molecule has 1 aromatic heterocycles. The van der Waals surface area contributed by atoms with Crippen molar-refractivity contribution in [2.24, 2.45) is 0 Å². The Morgan fingerprint density at radius 3 is 2.28 bits per heavy atom. The zero-order chi connectivity index (χ0) is 26.2. The van der Waals surface area contributed by atoms with E-state index in [2.05, 4.69) is 70.9 Å². The van der Waals surface area contributed by atoms with E-state index in [1.165, 1.54) is 5.56 Å². The molecule has 2 heterocycles. The normalized spacial score (nSPS) is 15.2. The smallest absolute Gasteiger partial charge is 0.294 e. The van der Waals surface area contributed by atoms with E-state index in [9.17, 15) is 14.4 Å². The second-order valence-electron chi connectivity index (χ2n) is 9.78. The van der Waals surface area contributed by atoms with E-state index in [1.807, 2.05) is 19.9 Å². The van der Waals surface area contributed by atoms with Crippen molar-refractivity contribution >= 4 is 56.5 Å². The van der Waals surface area contributed by atoms with E-state index in [0.29, 0.717) is 10.6 Å². The van der Waals surface area contributed by atoms with Crippen molar-refractivity contribution in [3.8, 4) is 5.69 Å². The molecular weight excluding hydrogens is 538 g/mol. The average Bonchev–Trinajstić information content (AvgIpc) is 3.24. The highest BCUT2D eigenvalue weighted by Gasteiger charge is 2.36. The number of rotatable bonds is 5. The third-order valence-corrected chi connectivity index (χ3v) is 7.49. The summed E-state index contributed by atoms with van der Waals surface area (Å²) in [5.74, 6) is -0.895. The number of anilines is 1. The number of amides is 3. The van der Waals surface area contributed by atoms with Crippen LogP contribution in [0.4, 0.5) is 10.5 Å². The summed E-state index contributed by atoms with van der Waals surface area (Å²) in [6, 6.07) is 17.6. The van der Waals surface area contributed by atoms with Gasteiger partial charge in [-0.15, -0.1) is 0 Å². The lowest BCUT2D eigenvalue weighted by molar-refractivity contribution is -0.127. The van der Waals surface area contributed by atoms with E-state index in [1.54, 1.807) is 30.3 Å². The quantitative estimate of drug-likeness (QED) is 0.344. The van der Waals surface area contributed by atoms with Gasteiger partial charge in [0.1, 0.15) is 6.54 Å². The molecule has 0 spiro atoms. The summed E-state index contributed by atoms with van der Waals surface area (Å²) in [6.45, 7) is 10.2. The third kappa shape index (κ3) is 5.50. The van der Waals surface area contributed by atoms with Gasteiger partial charge in [0, 0.05) is 27.2 Å². The van der Waals surface area contributed by atoms with Crippen molar-refractivity contribution < 1.29 is 14.4 Å². The van der Waals surface area contributed by atoms with Crippen LogP contribution < -0.4 is 5.32 Å². The van der Waals surface area contributed by atoms with Gasteiger partial charge in [0.05, 0.1) is 4.91 Å². The van der Waals surface area contributed by atoms with Crippen molar-refractivity contribution in [3.05, 3.63) is 86.5 Å². The molecule has 0 radical (unpaired) electrons. The van der Waals surface area contributed by atoms with Gasteiger partial charge in [-0.05, 0) is 90.7 Å². The molecule has 2 aromatic carbocycles. The van der Waals surface area contributed by atoms with Crippen molar-refractivity contribution in [1.29, 1.82) is 0 Å². The molecule has 0 unspecified atom stereocenters. The maximum Gasteiger partial charge on any atom is 0.294 e. The molecule has 6 nitrogen and oxygen atoms in total. The molecule has 1 aliphatic rings. The first-order valence-electron chi connectivity index (χ1n) is 11.5. The number of aromatic nitrogens is 1. The number of carbonyl (C=O) groups excluding carboxylic acids is 3. The predicted octanol–water partition coefficient (Wildman–Crippen LogP) is 6.83. The number of hydrogen-bond donors (Lipinski definition) is 1. The topological polar surface area (TPSA) is 71.4 Å². The second kappa shape index (κ2) is 10.1. The third-order valence-electron chi connectivity index (χ3n) is 6.05. The van der Waals surface area contributed by atoms with Gasteiger partial charge in [0.2, 0.25) is 5.91 Å². The minimum atomic E-state index is -0.463.